The number of phenolic OH excluding ortho intramolecular Hbond substituents is 1. The normalized spacial score (nSPS) is 12.3. The summed E-state index contributed by atoms with van der Waals surface area (Å²) in [4.78, 5) is 25.3. The Morgan fingerprint density at radius 1 is 0.941 bits per heavy atom. The molecule has 0 bridgehead atoms. The standard InChI is InChI=1S/C26H42I2N2O4/c1-5-6-7-8-9-10-11-12-13-14-15-29-24(32)22(30-25(33)34-26(2,3)4)18-19-16-20(27)23(31)21(28)17-19/h16-17,22,31H,5-15,18H2,1-4H3,(H,29,32)(H,30,33)/t22-/m1/s1. The van der Waals surface area contributed by atoms with Crippen molar-refractivity contribution >= 4 is 57.2 Å². The number of amides is 2. The summed E-state index contributed by atoms with van der Waals surface area (Å²) in [5.74, 6) is 0.00638. The Hall–Kier alpha value is -0.780. The molecule has 0 unspecified atom stereocenters. The number of alkyl carbamates (subject to hydrolysis) is 1. The van der Waals surface area contributed by atoms with Crippen LogP contribution in [0.15, 0.2) is 12.1 Å². The summed E-state index contributed by atoms with van der Waals surface area (Å²) in [5.41, 5.74) is 0.214. The van der Waals surface area contributed by atoms with Crippen molar-refractivity contribution in [1.29, 1.82) is 0 Å². The number of hydrogen-bond acceptors (Lipinski definition) is 4. The number of hydrogen-bond donors (Lipinski definition) is 3. The molecule has 0 heterocycles. The molecule has 0 saturated carbocycles. The van der Waals surface area contributed by atoms with Crippen LogP contribution in [-0.2, 0) is 16.0 Å². The van der Waals surface area contributed by atoms with E-state index in [2.05, 4.69) is 62.7 Å². The topological polar surface area (TPSA) is 87.7 Å². The fraction of sp³-hybridized carbons (Fsp3) is 0.692. The number of unbranched alkanes of at least 4 members (excludes halogenated alkanes) is 9. The van der Waals surface area contributed by atoms with Crippen molar-refractivity contribution in [3.05, 3.63) is 24.8 Å². The summed E-state index contributed by atoms with van der Waals surface area (Å²) >= 11 is 4.13. The van der Waals surface area contributed by atoms with E-state index in [1.165, 1.54) is 51.4 Å². The van der Waals surface area contributed by atoms with Gasteiger partial charge in [-0.1, -0.05) is 64.7 Å². The van der Waals surface area contributed by atoms with Gasteiger partial charge in [-0.25, -0.2) is 4.79 Å². The molecule has 0 aliphatic heterocycles. The lowest BCUT2D eigenvalue weighted by atomic mass is 10.0. The summed E-state index contributed by atoms with van der Waals surface area (Å²) < 4.78 is 6.78. The van der Waals surface area contributed by atoms with Crippen molar-refractivity contribution in [2.75, 3.05) is 6.54 Å². The minimum atomic E-state index is -0.755. The number of carbonyl (C=O) groups is 2. The van der Waals surface area contributed by atoms with Gasteiger partial charge >= 0.3 is 6.09 Å². The van der Waals surface area contributed by atoms with Crippen molar-refractivity contribution in [3.63, 3.8) is 0 Å². The van der Waals surface area contributed by atoms with Crippen LogP contribution in [0.25, 0.3) is 0 Å². The molecular formula is C26H42I2N2O4. The summed E-state index contributed by atoms with van der Waals surface area (Å²) in [5, 5.41) is 15.7. The number of nitrogens with one attached hydrogen (secondary N) is 2. The first-order valence-electron chi connectivity index (χ1n) is 12.5. The van der Waals surface area contributed by atoms with Gasteiger partial charge in [0.05, 0.1) is 7.14 Å². The molecule has 2 amide bonds. The van der Waals surface area contributed by atoms with E-state index in [-0.39, 0.29) is 11.7 Å². The van der Waals surface area contributed by atoms with Crippen LogP contribution in [0.3, 0.4) is 0 Å². The van der Waals surface area contributed by atoms with Crippen LogP contribution < -0.4 is 10.6 Å². The average molecular weight is 700 g/mol. The van der Waals surface area contributed by atoms with Gasteiger partial charge in [0.25, 0.3) is 0 Å². The van der Waals surface area contributed by atoms with E-state index >= 15 is 0 Å². The maximum absolute atomic E-state index is 12.9. The Bertz CT molecular complexity index is 743. The third kappa shape index (κ3) is 13.9. The molecule has 8 heteroatoms. The first-order valence-corrected chi connectivity index (χ1v) is 14.6. The fourth-order valence-electron chi connectivity index (χ4n) is 3.58. The molecule has 194 valence electrons. The van der Waals surface area contributed by atoms with Gasteiger partial charge in [-0.05, 0) is 90.1 Å². The number of phenols is 1. The van der Waals surface area contributed by atoms with Gasteiger partial charge in [-0.2, -0.15) is 0 Å². The van der Waals surface area contributed by atoms with E-state index in [0.717, 1.165) is 18.4 Å². The van der Waals surface area contributed by atoms with Crippen LogP contribution in [0.4, 0.5) is 4.79 Å². The van der Waals surface area contributed by atoms with E-state index < -0.39 is 17.7 Å². The van der Waals surface area contributed by atoms with Crippen molar-refractivity contribution in [2.24, 2.45) is 0 Å². The van der Waals surface area contributed by atoms with Crippen molar-refractivity contribution in [2.45, 2.75) is 110 Å². The van der Waals surface area contributed by atoms with Gasteiger partial charge in [0, 0.05) is 13.0 Å². The predicted molar refractivity (Wildman–Crippen MR) is 155 cm³/mol. The highest BCUT2D eigenvalue weighted by molar-refractivity contribution is 14.1. The largest absolute Gasteiger partial charge is 0.506 e. The Labute approximate surface area is 233 Å². The van der Waals surface area contributed by atoms with Crippen LogP contribution in [0.2, 0.25) is 0 Å². The minimum absolute atomic E-state index is 0.222. The lowest BCUT2D eigenvalue weighted by Gasteiger charge is -2.23. The zero-order valence-corrected chi connectivity index (χ0v) is 25.5. The maximum atomic E-state index is 12.9. The molecule has 34 heavy (non-hydrogen) atoms. The molecule has 6 nitrogen and oxygen atoms in total. The molecule has 0 saturated heterocycles. The minimum Gasteiger partial charge on any atom is -0.506 e. The zero-order chi connectivity index (χ0) is 25.6. The summed E-state index contributed by atoms with van der Waals surface area (Å²) in [6.07, 6.45) is 12.1. The molecule has 3 N–H and O–H groups in total. The highest BCUT2D eigenvalue weighted by Crippen LogP contribution is 2.28. The fourth-order valence-corrected chi connectivity index (χ4v) is 5.47. The van der Waals surface area contributed by atoms with Crippen LogP contribution in [0.1, 0.15) is 97.5 Å². The van der Waals surface area contributed by atoms with Crippen molar-refractivity contribution in [1.82, 2.24) is 10.6 Å². The Balaban J connectivity index is 2.53. The number of benzene rings is 1. The van der Waals surface area contributed by atoms with Gasteiger partial charge < -0.3 is 20.5 Å². The van der Waals surface area contributed by atoms with E-state index in [4.69, 9.17) is 4.74 Å². The first kappa shape index (κ1) is 31.3. The second kappa shape index (κ2) is 16.8. The highest BCUT2D eigenvalue weighted by atomic mass is 127. The monoisotopic (exact) mass is 700 g/mol. The predicted octanol–water partition coefficient (Wildman–Crippen LogP) is 7.07. The van der Waals surface area contributed by atoms with Crippen LogP contribution in [0.5, 0.6) is 5.75 Å². The summed E-state index contributed by atoms with van der Waals surface area (Å²) in [7, 11) is 0. The molecule has 0 radical (unpaired) electrons. The van der Waals surface area contributed by atoms with Gasteiger partial charge in [-0.15, -0.1) is 0 Å². The van der Waals surface area contributed by atoms with E-state index in [9.17, 15) is 14.7 Å². The smallest absolute Gasteiger partial charge is 0.408 e. The van der Waals surface area contributed by atoms with Gasteiger partial charge in [0.1, 0.15) is 17.4 Å². The number of aromatic hydroxyl groups is 1. The Kier molecular flexibility index (Phi) is 15.5. The molecule has 0 aliphatic carbocycles. The quantitative estimate of drug-likeness (QED) is 0.135. The second-order valence-electron chi connectivity index (χ2n) is 9.78. The number of halogens is 2. The van der Waals surface area contributed by atoms with Crippen molar-refractivity contribution < 1.29 is 19.4 Å². The second-order valence-corrected chi connectivity index (χ2v) is 12.1. The Morgan fingerprint density at radius 3 is 1.94 bits per heavy atom. The summed E-state index contributed by atoms with van der Waals surface area (Å²) in [6.45, 7) is 8.20. The van der Waals surface area contributed by atoms with Crippen molar-refractivity contribution in [3.8, 4) is 5.75 Å². The molecule has 1 atom stereocenters. The molecule has 1 aromatic carbocycles. The summed E-state index contributed by atoms with van der Waals surface area (Å²) in [6, 6.07) is 2.91. The van der Waals surface area contributed by atoms with E-state index in [1.807, 2.05) is 12.1 Å². The maximum Gasteiger partial charge on any atom is 0.408 e. The molecular weight excluding hydrogens is 658 g/mol. The van der Waals surface area contributed by atoms with E-state index in [0.29, 0.717) is 20.1 Å². The average Bonchev–Trinajstić information content (AvgIpc) is 2.73. The number of carbonyl (C=O) groups excluding carboxylic acids is 2. The lowest BCUT2D eigenvalue weighted by molar-refractivity contribution is -0.123. The third-order valence-electron chi connectivity index (χ3n) is 5.35. The van der Waals surface area contributed by atoms with Gasteiger partial charge in [0.15, 0.2) is 0 Å². The zero-order valence-electron chi connectivity index (χ0n) is 21.1. The molecule has 1 rings (SSSR count). The van der Waals surface area contributed by atoms with Crippen LogP contribution >= 0.6 is 45.2 Å². The van der Waals surface area contributed by atoms with Crippen LogP contribution in [-0.4, -0.2) is 35.3 Å². The molecule has 0 aliphatic rings. The first-order chi connectivity index (χ1) is 16.0. The number of rotatable bonds is 15. The van der Waals surface area contributed by atoms with Gasteiger partial charge in [0.2, 0.25) is 5.91 Å². The molecule has 0 spiro atoms. The Morgan fingerprint density at radius 2 is 1.44 bits per heavy atom. The van der Waals surface area contributed by atoms with Gasteiger partial charge in [-0.3, -0.25) is 4.79 Å². The third-order valence-corrected chi connectivity index (χ3v) is 7.00. The van der Waals surface area contributed by atoms with Crippen LogP contribution in [0, 0.1) is 7.14 Å². The highest BCUT2D eigenvalue weighted by Gasteiger charge is 2.25. The number of ether oxygens (including phenoxy) is 1. The molecule has 0 fully saturated rings. The molecule has 0 aromatic heterocycles. The molecule has 1 aromatic rings. The SMILES string of the molecule is CCCCCCCCCCCCNC(=O)[C@@H](Cc1cc(I)c(O)c(I)c1)NC(=O)OC(C)(C)C. The lowest BCUT2D eigenvalue weighted by Crippen LogP contribution is -2.49. The van der Waals surface area contributed by atoms with E-state index in [1.54, 1.807) is 20.8 Å².